The maximum atomic E-state index is 10.9. The summed E-state index contributed by atoms with van der Waals surface area (Å²) in [4.78, 5) is 0. The highest BCUT2D eigenvalue weighted by Gasteiger charge is 2.59. The van der Waals surface area contributed by atoms with Crippen LogP contribution in [0.5, 0.6) is 0 Å². The van der Waals surface area contributed by atoms with Crippen molar-refractivity contribution < 1.29 is 10.2 Å². The van der Waals surface area contributed by atoms with Crippen molar-refractivity contribution in [2.24, 2.45) is 40.4 Å². The Balaban J connectivity index is 1.54. The van der Waals surface area contributed by atoms with Crippen molar-refractivity contribution >= 4 is 0 Å². The van der Waals surface area contributed by atoms with E-state index in [1.165, 1.54) is 44.1 Å². The van der Waals surface area contributed by atoms with E-state index in [2.05, 4.69) is 46.8 Å². The van der Waals surface area contributed by atoms with Crippen LogP contribution in [0.3, 0.4) is 0 Å². The Labute approximate surface area is 178 Å². The smallest absolute Gasteiger partial charge is 0.0603 e. The minimum Gasteiger partial charge on any atom is -0.393 e. The largest absolute Gasteiger partial charge is 0.393 e. The second-order valence-electron chi connectivity index (χ2n) is 11.8. The number of aliphatic hydroxyl groups excluding tert-OH is 2. The van der Waals surface area contributed by atoms with Gasteiger partial charge >= 0.3 is 0 Å². The highest BCUT2D eigenvalue weighted by molar-refractivity contribution is 5.25. The van der Waals surface area contributed by atoms with Crippen LogP contribution in [0.25, 0.3) is 0 Å². The average molecular weight is 401 g/mol. The molecule has 2 heteroatoms. The van der Waals surface area contributed by atoms with Crippen molar-refractivity contribution in [2.75, 3.05) is 0 Å². The molecule has 1 unspecified atom stereocenters. The van der Waals surface area contributed by atoms with Crippen LogP contribution >= 0.6 is 0 Å². The van der Waals surface area contributed by atoms with Crippen LogP contribution in [0.1, 0.15) is 92.4 Å². The fourth-order valence-electron chi connectivity index (χ4n) is 8.39. The lowest BCUT2D eigenvalue weighted by atomic mass is 9.47. The molecule has 0 aliphatic heterocycles. The average Bonchev–Trinajstić information content (AvgIpc) is 3.03. The summed E-state index contributed by atoms with van der Waals surface area (Å²) < 4.78 is 0. The lowest BCUT2D eigenvalue weighted by molar-refractivity contribution is -0.0669. The highest BCUT2D eigenvalue weighted by atomic mass is 16.3. The monoisotopic (exact) mass is 400 g/mol. The number of fused-ring (bicyclic) bond motifs is 5. The molecule has 164 valence electrons. The first-order chi connectivity index (χ1) is 13.7. The topological polar surface area (TPSA) is 40.5 Å². The summed E-state index contributed by atoms with van der Waals surface area (Å²) in [6, 6.07) is 0. The molecule has 9 atom stereocenters. The summed E-state index contributed by atoms with van der Waals surface area (Å²) in [6.07, 6.45) is 14.8. The zero-order valence-electron chi connectivity index (χ0n) is 19.5. The van der Waals surface area contributed by atoms with Gasteiger partial charge in [-0.1, -0.05) is 44.1 Å². The number of hydrogen-bond donors (Lipinski definition) is 2. The summed E-state index contributed by atoms with van der Waals surface area (Å²) in [6.45, 7) is 11.7. The Bertz CT molecular complexity index is 674. The fourth-order valence-corrected chi connectivity index (χ4v) is 8.39. The Morgan fingerprint density at radius 1 is 1.14 bits per heavy atom. The predicted octanol–water partition coefficient (Wildman–Crippen LogP) is 6.28. The normalized spacial score (nSPS) is 46.0. The number of allylic oxidation sites excluding steroid dienone is 2. The summed E-state index contributed by atoms with van der Waals surface area (Å²) in [5, 5.41) is 21.1. The maximum absolute atomic E-state index is 10.9. The molecule has 2 nitrogen and oxygen atoms in total. The third kappa shape index (κ3) is 3.57. The van der Waals surface area contributed by atoms with E-state index in [4.69, 9.17) is 0 Å². The molecule has 0 bridgehead atoms. The van der Waals surface area contributed by atoms with Gasteiger partial charge in [-0.15, -0.1) is 0 Å². The molecular formula is C27H44O2. The lowest BCUT2D eigenvalue weighted by Crippen LogP contribution is -2.51. The number of aliphatic hydroxyl groups is 2. The molecule has 29 heavy (non-hydrogen) atoms. The Kier molecular flexibility index (Phi) is 5.84. The van der Waals surface area contributed by atoms with Gasteiger partial charge in [0.05, 0.1) is 12.2 Å². The summed E-state index contributed by atoms with van der Waals surface area (Å²) in [5.41, 5.74) is 3.60. The van der Waals surface area contributed by atoms with Crippen LogP contribution < -0.4 is 0 Å². The molecule has 0 amide bonds. The first-order valence-corrected chi connectivity index (χ1v) is 12.4. The van der Waals surface area contributed by atoms with Crippen LogP contribution in [-0.2, 0) is 0 Å². The van der Waals surface area contributed by atoms with Crippen molar-refractivity contribution in [3.8, 4) is 0 Å². The summed E-state index contributed by atoms with van der Waals surface area (Å²) >= 11 is 0. The molecule has 0 aromatic carbocycles. The third-order valence-electron chi connectivity index (χ3n) is 10.2. The highest BCUT2D eigenvalue weighted by Crippen LogP contribution is 2.67. The number of rotatable bonds is 4. The lowest BCUT2D eigenvalue weighted by Gasteiger charge is -2.58. The quantitative estimate of drug-likeness (QED) is 0.545. The first kappa shape index (κ1) is 21.6. The standard InChI is InChI=1S/C27H44O2/c1-17(2)6-11-25(29)18(3)22-9-10-23-21-8-7-19-16-20(28)12-14-26(19,4)24(21)13-15-27(22,23)5/h6-7,18,20-25,28-29H,8-16H2,1-5H3/t18-,20-,21-,22+,23?,24-,25+,26-,27+/m0/s1. The molecule has 0 aromatic heterocycles. The maximum Gasteiger partial charge on any atom is 0.0603 e. The van der Waals surface area contributed by atoms with Gasteiger partial charge in [0, 0.05) is 0 Å². The van der Waals surface area contributed by atoms with E-state index in [0.29, 0.717) is 22.7 Å². The van der Waals surface area contributed by atoms with Crippen molar-refractivity contribution in [1.82, 2.24) is 0 Å². The molecule has 3 saturated carbocycles. The predicted molar refractivity (Wildman–Crippen MR) is 120 cm³/mol. The van der Waals surface area contributed by atoms with E-state index in [1.54, 1.807) is 5.57 Å². The second-order valence-corrected chi connectivity index (χ2v) is 11.8. The van der Waals surface area contributed by atoms with E-state index in [0.717, 1.165) is 37.0 Å². The van der Waals surface area contributed by atoms with Gasteiger partial charge in [-0.05, 0) is 112 Å². The zero-order chi connectivity index (χ0) is 21.0. The van der Waals surface area contributed by atoms with Crippen molar-refractivity contribution in [2.45, 2.75) is 105 Å². The van der Waals surface area contributed by atoms with Crippen LogP contribution in [-0.4, -0.2) is 22.4 Å². The Morgan fingerprint density at radius 2 is 1.90 bits per heavy atom. The molecule has 4 aliphatic rings. The van der Waals surface area contributed by atoms with Gasteiger partial charge < -0.3 is 10.2 Å². The molecule has 2 N–H and O–H groups in total. The fraction of sp³-hybridized carbons (Fsp3) is 0.852. The van der Waals surface area contributed by atoms with Crippen molar-refractivity contribution in [3.63, 3.8) is 0 Å². The van der Waals surface area contributed by atoms with Gasteiger partial charge in [-0.25, -0.2) is 0 Å². The van der Waals surface area contributed by atoms with E-state index >= 15 is 0 Å². The van der Waals surface area contributed by atoms with Crippen molar-refractivity contribution in [3.05, 3.63) is 23.3 Å². The van der Waals surface area contributed by atoms with E-state index < -0.39 is 0 Å². The summed E-state index contributed by atoms with van der Waals surface area (Å²) in [7, 11) is 0. The Hall–Kier alpha value is -0.600. The molecule has 0 spiro atoms. The molecular weight excluding hydrogens is 356 g/mol. The molecule has 4 rings (SSSR count). The van der Waals surface area contributed by atoms with E-state index in [1.807, 2.05) is 0 Å². The summed E-state index contributed by atoms with van der Waals surface area (Å²) in [5.74, 6) is 3.46. The van der Waals surface area contributed by atoms with Crippen LogP contribution in [0.4, 0.5) is 0 Å². The van der Waals surface area contributed by atoms with Crippen LogP contribution in [0.2, 0.25) is 0 Å². The second kappa shape index (κ2) is 7.83. The van der Waals surface area contributed by atoms with Gasteiger partial charge in [0.15, 0.2) is 0 Å². The SMILES string of the molecule is CC(C)=CC[C@@H](O)[C@@H](C)[C@H]1CCC2[C@@H]3CC=C4C[C@@H](O)CC[C@]4(C)[C@H]3CC[C@@]21C. The molecule has 0 aromatic rings. The van der Waals surface area contributed by atoms with Crippen LogP contribution in [0, 0.1) is 40.4 Å². The van der Waals surface area contributed by atoms with E-state index in [-0.39, 0.29) is 12.2 Å². The Morgan fingerprint density at radius 3 is 2.62 bits per heavy atom. The minimum absolute atomic E-state index is 0.112. The zero-order valence-corrected chi connectivity index (χ0v) is 19.5. The molecule has 3 fully saturated rings. The first-order valence-electron chi connectivity index (χ1n) is 12.4. The van der Waals surface area contributed by atoms with Crippen molar-refractivity contribution in [1.29, 1.82) is 0 Å². The van der Waals surface area contributed by atoms with Gasteiger partial charge in [0.2, 0.25) is 0 Å². The van der Waals surface area contributed by atoms with Crippen LogP contribution in [0.15, 0.2) is 23.3 Å². The molecule has 0 heterocycles. The van der Waals surface area contributed by atoms with Gasteiger partial charge in [-0.2, -0.15) is 0 Å². The van der Waals surface area contributed by atoms with Gasteiger partial charge in [-0.3, -0.25) is 0 Å². The molecule has 0 saturated heterocycles. The third-order valence-corrected chi connectivity index (χ3v) is 10.2. The molecule has 4 aliphatic carbocycles. The van der Waals surface area contributed by atoms with Gasteiger partial charge in [0.25, 0.3) is 0 Å². The van der Waals surface area contributed by atoms with E-state index in [9.17, 15) is 10.2 Å². The number of hydrogen-bond acceptors (Lipinski definition) is 2. The minimum atomic E-state index is -0.210. The molecule has 0 radical (unpaired) electrons. The van der Waals surface area contributed by atoms with Gasteiger partial charge in [0.1, 0.15) is 0 Å².